The zero-order chi connectivity index (χ0) is 17.2. The number of imidazole rings is 1. The Morgan fingerprint density at radius 1 is 1.16 bits per heavy atom. The van der Waals surface area contributed by atoms with Gasteiger partial charge in [0, 0.05) is 24.0 Å². The molecule has 0 spiro atoms. The maximum Gasteiger partial charge on any atom is 0.333 e. The lowest BCUT2D eigenvalue weighted by atomic mass is 10.0. The number of rotatable bonds is 2. The first-order valence-corrected chi connectivity index (χ1v) is 8.34. The highest BCUT2D eigenvalue weighted by Gasteiger charge is 2.23. The number of anilines is 1. The van der Waals surface area contributed by atoms with Gasteiger partial charge < -0.3 is 4.74 Å². The van der Waals surface area contributed by atoms with E-state index in [0.717, 1.165) is 42.1 Å². The van der Waals surface area contributed by atoms with Crippen LogP contribution < -0.4 is 9.64 Å². The Bertz CT molecular complexity index is 917. The van der Waals surface area contributed by atoms with Gasteiger partial charge in [-0.15, -0.1) is 0 Å². The van der Waals surface area contributed by atoms with Crippen LogP contribution in [-0.4, -0.2) is 29.2 Å². The fourth-order valence-corrected chi connectivity index (χ4v) is 3.23. The van der Waals surface area contributed by atoms with Crippen molar-refractivity contribution in [2.75, 3.05) is 18.6 Å². The Morgan fingerprint density at radius 3 is 2.92 bits per heavy atom. The molecule has 0 radical (unpaired) electrons. The van der Waals surface area contributed by atoms with Crippen LogP contribution in [0.3, 0.4) is 0 Å². The van der Waals surface area contributed by atoms with Crippen molar-refractivity contribution in [3.63, 3.8) is 0 Å². The van der Waals surface area contributed by atoms with Gasteiger partial charge in [0.15, 0.2) is 0 Å². The molecule has 1 aromatic heterocycles. The van der Waals surface area contributed by atoms with Gasteiger partial charge in [0.25, 0.3) is 0 Å². The smallest absolute Gasteiger partial charge is 0.333 e. The predicted octanol–water partition coefficient (Wildman–Crippen LogP) is 3.98. The summed E-state index contributed by atoms with van der Waals surface area (Å²) in [4.78, 5) is 19.2. The molecule has 2 heterocycles. The molecule has 5 nitrogen and oxygen atoms in total. The Hall–Kier alpha value is -3.08. The second-order valence-corrected chi connectivity index (χ2v) is 6.06. The predicted molar refractivity (Wildman–Crippen MR) is 97.1 cm³/mol. The summed E-state index contributed by atoms with van der Waals surface area (Å²) in [7, 11) is 1.63. The van der Waals surface area contributed by atoms with Gasteiger partial charge >= 0.3 is 6.03 Å². The van der Waals surface area contributed by atoms with Crippen LogP contribution in [-0.2, 0) is 6.42 Å². The number of carbonyl (C=O) groups excluding carboxylic acids is 1. The normalized spacial score (nSPS) is 13.4. The molecule has 2 aromatic carbocycles. The number of carbonyl (C=O) groups is 1. The lowest BCUT2D eigenvalue weighted by Crippen LogP contribution is -2.38. The van der Waals surface area contributed by atoms with Crippen LogP contribution in [0.2, 0.25) is 0 Å². The summed E-state index contributed by atoms with van der Waals surface area (Å²) < 4.78 is 6.81. The minimum absolute atomic E-state index is 0.0752. The van der Waals surface area contributed by atoms with Gasteiger partial charge in [-0.25, -0.2) is 9.78 Å². The quantitative estimate of drug-likeness (QED) is 0.713. The zero-order valence-corrected chi connectivity index (χ0v) is 14.1. The number of methoxy groups -OCH3 is 1. The Labute approximate surface area is 146 Å². The van der Waals surface area contributed by atoms with Crippen molar-refractivity contribution in [2.24, 2.45) is 0 Å². The van der Waals surface area contributed by atoms with Crippen molar-refractivity contribution in [1.29, 1.82) is 0 Å². The molecule has 0 aliphatic carbocycles. The molecule has 0 fully saturated rings. The summed E-state index contributed by atoms with van der Waals surface area (Å²) >= 11 is 0. The second-order valence-electron chi connectivity index (χ2n) is 6.06. The highest BCUT2D eigenvalue weighted by atomic mass is 16.5. The van der Waals surface area contributed by atoms with Crippen LogP contribution in [0.25, 0.3) is 11.3 Å². The molecular formula is C20H19N3O2. The molecule has 0 atom stereocenters. The average Bonchev–Trinajstić information content (AvgIpc) is 3.17. The van der Waals surface area contributed by atoms with Gasteiger partial charge in [-0.2, -0.15) is 0 Å². The van der Waals surface area contributed by atoms with Crippen molar-refractivity contribution < 1.29 is 9.53 Å². The molecule has 0 saturated heterocycles. The number of para-hydroxylation sites is 1. The molecular weight excluding hydrogens is 314 g/mol. The van der Waals surface area contributed by atoms with Crippen LogP contribution >= 0.6 is 0 Å². The molecule has 0 N–H and O–H groups in total. The number of ether oxygens (including phenoxy) is 1. The van der Waals surface area contributed by atoms with Crippen LogP contribution in [0.15, 0.2) is 61.1 Å². The minimum Gasteiger partial charge on any atom is -0.497 e. The maximum atomic E-state index is 13.0. The number of fused-ring (bicyclic) bond motifs is 1. The van der Waals surface area contributed by atoms with Crippen LogP contribution in [0, 0.1) is 0 Å². The molecule has 0 unspecified atom stereocenters. The van der Waals surface area contributed by atoms with E-state index in [0.29, 0.717) is 0 Å². The van der Waals surface area contributed by atoms with E-state index in [1.807, 2.05) is 47.4 Å². The van der Waals surface area contributed by atoms with Gasteiger partial charge in [0.05, 0.1) is 12.8 Å². The summed E-state index contributed by atoms with van der Waals surface area (Å²) in [5.41, 5.74) is 3.88. The fourth-order valence-electron chi connectivity index (χ4n) is 3.23. The third-order valence-corrected chi connectivity index (χ3v) is 4.51. The second kappa shape index (κ2) is 6.43. The Balaban J connectivity index is 1.63. The first-order valence-electron chi connectivity index (χ1n) is 8.34. The number of aromatic nitrogens is 2. The molecule has 1 aliphatic rings. The van der Waals surface area contributed by atoms with E-state index < -0.39 is 0 Å². The highest BCUT2D eigenvalue weighted by Crippen LogP contribution is 2.28. The average molecular weight is 333 g/mol. The lowest BCUT2D eigenvalue weighted by molar-refractivity contribution is 0.247. The molecule has 5 heteroatoms. The third kappa shape index (κ3) is 2.89. The van der Waals surface area contributed by atoms with Crippen LogP contribution in [0.4, 0.5) is 10.5 Å². The van der Waals surface area contributed by atoms with Gasteiger partial charge in [0.1, 0.15) is 12.1 Å². The van der Waals surface area contributed by atoms with Crippen LogP contribution in [0.5, 0.6) is 5.75 Å². The number of hydrogen-bond acceptors (Lipinski definition) is 3. The summed E-state index contributed by atoms with van der Waals surface area (Å²) in [6.45, 7) is 0.725. The number of hydrogen-bond donors (Lipinski definition) is 0. The number of benzene rings is 2. The van der Waals surface area contributed by atoms with Gasteiger partial charge in [0.2, 0.25) is 0 Å². The monoisotopic (exact) mass is 333 g/mol. The molecule has 4 rings (SSSR count). The number of nitrogens with zero attached hydrogens (tertiary/aromatic N) is 3. The van der Waals surface area contributed by atoms with E-state index in [2.05, 4.69) is 11.1 Å². The van der Waals surface area contributed by atoms with Crippen molar-refractivity contribution in [3.05, 3.63) is 66.6 Å². The molecule has 1 aliphatic heterocycles. The van der Waals surface area contributed by atoms with E-state index in [1.165, 1.54) is 5.56 Å². The summed E-state index contributed by atoms with van der Waals surface area (Å²) in [5.74, 6) is 0.767. The van der Waals surface area contributed by atoms with Crippen molar-refractivity contribution in [3.8, 4) is 17.0 Å². The van der Waals surface area contributed by atoms with Crippen LogP contribution in [0.1, 0.15) is 12.0 Å². The van der Waals surface area contributed by atoms with Gasteiger partial charge in [-0.1, -0.05) is 30.3 Å². The minimum atomic E-state index is -0.0752. The molecule has 25 heavy (non-hydrogen) atoms. The molecule has 0 saturated carbocycles. The molecule has 126 valence electrons. The summed E-state index contributed by atoms with van der Waals surface area (Å²) in [6, 6.07) is 15.7. The Morgan fingerprint density at radius 2 is 2.04 bits per heavy atom. The Kier molecular flexibility index (Phi) is 3.98. The topological polar surface area (TPSA) is 47.4 Å². The van der Waals surface area contributed by atoms with Crippen molar-refractivity contribution >= 4 is 11.7 Å². The lowest BCUT2D eigenvalue weighted by Gasteiger charge is -2.29. The zero-order valence-electron chi connectivity index (χ0n) is 14.1. The first kappa shape index (κ1) is 15.4. The molecule has 0 bridgehead atoms. The van der Waals surface area contributed by atoms with Crippen molar-refractivity contribution in [1.82, 2.24) is 9.55 Å². The first-order chi connectivity index (χ1) is 12.3. The third-order valence-electron chi connectivity index (χ3n) is 4.51. The summed E-state index contributed by atoms with van der Waals surface area (Å²) in [5, 5.41) is 0. The summed E-state index contributed by atoms with van der Waals surface area (Å²) in [6.07, 6.45) is 5.34. The van der Waals surface area contributed by atoms with Crippen molar-refractivity contribution in [2.45, 2.75) is 12.8 Å². The van der Waals surface area contributed by atoms with E-state index in [4.69, 9.17) is 4.74 Å². The van der Waals surface area contributed by atoms with Gasteiger partial charge in [-0.05, 0) is 36.6 Å². The van der Waals surface area contributed by atoms with E-state index in [1.54, 1.807) is 24.2 Å². The largest absolute Gasteiger partial charge is 0.497 e. The fraction of sp³-hybridized carbons (Fsp3) is 0.200. The number of amides is 1. The molecule has 1 amide bonds. The van der Waals surface area contributed by atoms with E-state index >= 15 is 0 Å². The number of aryl methyl sites for hydroxylation is 1. The SMILES string of the molecule is COc1cccc(-c2cn(C(=O)N3CCCc4ccccc43)cn2)c1. The van der Waals surface area contributed by atoms with E-state index in [-0.39, 0.29) is 6.03 Å². The molecule has 3 aromatic rings. The highest BCUT2D eigenvalue weighted by molar-refractivity contribution is 5.95. The standard InChI is InChI=1S/C20H19N3O2/c1-25-17-9-4-7-16(12-17)18-13-22(14-21-18)20(24)23-11-5-8-15-6-2-3-10-19(15)23/h2-4,6-7,9-10,12-14H,5,8,11H2,1H3. The van der Waals surface area contributed by atoms with E-state index in [9.17, 15) is 4.79 Å². The maximum absolute atomic E-state index is 13.0. The van der Waals surface area contributed by atoms with Gasteiger partial charge in [-0.3, -0.25) is 9.47 Å².